The van der Waals surface area contributed by atoms with Crippen molar-refractivity contribution in [1.82, 2.24) is 9.88 Å². The van der Waals surface area contributed by atoms with Gasteiger partial charge in [-0.15, -0.1) is 0 Å². The van der Waals surface area contributed by atoms with Gasteiger partial charge in [0, 0.05) is 26.4 Å². The molecule has 7 nitrogen and oxygen atoms in total. The Labute approximate surface area is 139 Å². The van der Waals surface area contributed by atoms with E-state index in [1.54, 1.807) is 21.2 Å². The van der Waals surface area contributed by atoms with Crippen LogP contribution < -0.4 is 10.2 Å². The van der Waals surface area contributed by atoms with Crippen LogP contribution in [0.3, 0.4) is 0 Å². The largest absolute Gasteiger partial charge is 0.497 e. The number of oxime groups is 1. The average Bonchev–Trinajstić information content (AvgIpc) is 2.58. The van der Waals surface area contributed by atoms with Crippen LogP contribution in [-0.4, -0.2) is 43.2 Å². The number of carbonyl (C=O) groups excluding carboxylic acids is 1. The van der Waals surface area contributed by atoms with Gasteiger partial charge in [0.1, 0.15) is 17.9 Å². The Balaban J connectivity index is 2.07. The van der Waals surface area contributed by atoms with E-state index < -0.39 is 5.91 Å². The highest BCUT2D eigenvalue weighted by Crippen LogP contribution is 2.12. The molecule has 1 N–H and O–H groups in total. The highest BCUT2D eigenvalue weighted by atomic mass is 16.6. The van der Waals surface area contributed by atoms with E-state index in [2.05, 4.69) is 10.1 Å². The number of rotatable bonds is 6. The van der Waals surface area contributed by atoms with Crippen LogP contribution in [0.25, 0.3) is 0 Å². The molecule has 0 saturated heterocycles. The molecule has 2 aromatic rings. The van der Waals surface area contributed by atoms with Crippen molar-refractivity contribution in [3.05, 3.63) is 63.6 Å². The van der Waals surface area contributed by atoms with Crippen LogP contribution >= 0.6 is 0 Å². The quantitative estimate of drug-likeness (QED) is 0.645. The van der Waals surface area contributed by atoms with Crippen LogP contribution in [0.15, 0.2) is 46.5 Å². The summed E-state index contributed by atoms with van der Waals surface area (Å²) in [6.45, 7) is 0.258. The molecule has 24 heavy (non-hydrogen) atoms. The predicted octanol–water partition coefficient (Wildman–Crippen LogP) is 1.64. The SMILES string of the molecule is COc1ccc(CON=Cc2[nH]ccc(=O)c2C(=O)N(C)C)cc1. The normalized spacial score (nSPS) is 10.6. The van der Waals surface area contributed by atoms with Crippen LogP contribution in [0.5, 0.6) is 5.75 Å². The van der Waals surface area contributed by atoms with Crippen molar-refractivity contribution in [3.63, 3.8) is 0 Å². The zero-order chi connectivity index (χ0) is 17.5. The molecule has 1 amide bonds. The minimum Gasteiger partial charge on any atom is -0.497 e. The molecular weight excluding hydrogens is 310 g/mol. The topological polar surface area (TPSA) is 84.0 Å². The monoisotopic (exact) mass is 329 g/mol. The van der Waals surface area contributed by atoms with E-state index in [1.165, 1.54) is 23.4 Å². The molecule has 0 atom stereocenters. The highest BCUT2D eigenvalue weighted by Gasteiger charge is 2.16. The standard InChI is InChI=1S/C17H19N3O4/c1-20(2)17(22)16-14(18-9-8-15(16)21)10-19-24-11-12-4-6-13(23-3)7-5-12/h4-10H,11H2,1-3H3,(H,18,21). The van der Waals surface area contributed by atoms with E-state index in [0.717, 1.165) is 11.3 Å². The number of amides is 1. The zero-order valence-corrected chi connectivity index (χ0v) is 13.8. The van der Waals surface area contributed by atoms with Gasteiger partial charge in [-0.25, -0.2) is 0 Å². The number of carbonyl (C=O) groups is 1. The molecule has 2 rings (SSSR count). The summed E-state index contributed by atoms with van der Waals surface area (Å²) in [5.74, 6) is 0.365. The summed E-state index contributed by atoms with van der Waals surface area (Å²) >= 11 is 0. The molecule has 1 aromatic carbocycles. The summed E-state index contributed by atoms with van der Waals surface area (Å²) in [6, 6.07) is 8.67. The molecule has 0 aliphatic heterocycles. The molecule has 0 fully saturated rings. The first-order valence-corrected chi connectivity index (χ1v) is 7.24. The van der Waals surface area contributed by atoms with Crippen molar-refractivity contribution < 1.29 is 14.4 Å². The Bertz CT molecular complexity index is 779. The van der Waals surface area contributed by atoms with Gasteiger partial charge in [-0.3, -0.25) is 9.59 Å². The Hall–Kier alpha value is -3.09. The third-order valence-electron chi connectivity index (χ3n) is 3.26. The first-order chi connectivity index (χ1) is 11.5. The Kier molecular flexibility index (Phi) is 5.73. The van der Waals surface area contributed by atoms with Crippen LogP contribution in [-0.2, 0) is 11.4 Å². The molecule has 0 radical (unpaired) electrons. The van der Waals surface area contributed by atoms with Gasteiger partial charge in [0.25, 0.3) is 5.91 Å². The van der Waals surface area contributed by atoms with Crippen molar-refractivity contribution in [2.45, 2.75) is 6.61 Å². The van der Waals surface area contributed by atoms with Crippen molar-refractivity contribution in [3.8, 4) is 5.75 Å². The average molecular weight is 329 g/mol. The number of aromatic amines is 1. The molecule has 0 bridgehead atoms. The first-order valence-electron chi connectivity index (χ1n) is 7.24. The maximum Gasteiger partial charge on any atom is 0.259 e. The summed E-state index contributed by atoms with van der Waals surface area (Å²) in [5.41, 5.74) is 0.873. The van der Waals surface area contributed by atoms with Crippen molar-refractivity contribution in [1.29, 1.82) is 0 Å². The molecule has 1 aromatic heterocycles. The van der Waals surface area contributed by atoms with E-state index >= 15 is 0 Å². The number of aromatic nitrogens is 1. The van der Waals surface area contributed by atoms with Crippen LogP contribution in [0, 0.1) is 0 Å². The number of nitrogens with one attached hydrogen (secondary N) is 1. The summed E-state index contributed by atoms with van der Waals surface area (Å²) in [7, 11) is 4.76. The molecule has 0 spiro atoms. The summed E-state index contributed by atoms with van der Waals surface area (Å²) in [6.07, 6.45) is 2.78. The molecule has 0 aliphatic carbocycles. The lowest BCUT2D eigenvalue weighted by Crippen LogP contribution is -2.29. The van der Waals surface area contributed by atoms with Gasteiger partial charge in [0.2, 0.25) is 0 Å². The van der Waals surface area contributed by atoms with Gasteiger partial charge >= 0.3 is 0 Å². The van der Waals surface area contributed by atoms with Crippen molar-refractivity contribution in [2.24, 2.45) is 5.16 Å². The van der Waals surface area contributed by atoms with Gasteiger partial charge in [0.15, 0.2) is 5.43 Å². The Morgan fingerprint density at radius 2 is 1.96 bits per heavy atom. The van der Waals surface area contributed by atoms with Gasteiger partial charge in [-0.05, 0) is 17.7 Å². The number of H-pyrrole nitrogens is 1. The number of benzene rings is 1. The zero-order valence-electron chi connectivity index (χ0n) is 13.8. The molecule has 0 unspecified atom stereocenters. The fourth-order valence-corrected chi connectivity index (χ4v) is 1.96. The number of methoxy groups -OCH3 is 1. The third-order valence-corrected chi connectivity index (χ3v) is 3.26. The number of pyridine rings is 1. The molecule has 1 heterocycles. The fraction of sp³-hybridized carbons (Fsp3) is 0.235. The maximum absolute atomic E-state index is 12.1. The highest BCUT2D eigenvalue weighted by molar-refractivity contribution is 6.00. The summed E-state index contributed by atoms with van der Waals surface area (Å²) < 4.78 is 5.08. The van der Waals surface area contributed by atoms with Crippen molar-refractivity contribution >= 4 is 12.1 Å². The van der Waals surface area contributed by atoms with Crippen molar-refractivity contribution in [2.75, 3.05) is 21.2 Å². The second-order valence-corrected chi connectivity index (χ2v) is 5.19. The number of hydrogen-bond acceptors (Lipinski definition) is 5. The van der Waals surface area contributed by atoms with E-state index in [4.69, 9.17) is 9.57 Å². The van der Waals surface area contributed by atoms with Crippen LogP contribution in [0.2, 0.25) is 0 Å². The van der Waals surface area contributed by atoms with Gasteiger partial charge in [-0.1, -0.05) is 17.3 Å². The minimum absolute atomic E-state index is 0.0271. The van der Waals surface area contributed by atoms with E-state index in [0.29, 0.717) is 5.69 Å². The summed E-state index contributed by atoms with van der Waals surface area (Å²) in [4.78, 5) is 33.4. The van der Waals surface area contributed by atoms with Gasteiger partial charge in [-0.2, -0.15) is 0 Å². The number of hydrogen-bond donors (Lipinski definition) is 1. The van der Waals surface area contributed by atoms with E-state index in [-0.39, 0.29) is 17.6 Å². The predicted molar refractivity (Wildman–Crippen MR) is 90.5 cm³/mol. The molecule has 126 valence electrons. The Morgan fingerprint density at radius 3 is 2.58 bits per heavy atom. The number of nitrogens with zero attached hydrogens (tertiary/aromatic N) is 2. The van der Waals surface area contributed by atoms with Gasteiger partial charge < -0.3 is 19.5 Å². The lowest BCUT2D eigenvalue weighted by molar-refractivity contribution is 0.0825. The lowest BCUT2D eigenvalue weighted by Gasteiger charge is -2.11. The first kappa shape index (κ1) is 17.3. The number of ether oxygens (including phenoxy) is 1. The van der Waals surface area contributed by atoms with Crippen LogP contribution in [0.4, 0.5) is 0 Å². The molecule has 0 aliphatic rings. The molecular formula is C17H19N3O4. The van der Waals surface area contributed by atoms with E-state index in [9.17, 15) is 9.59 Å². The fourth-order valence-electron chi connectivity index (χ4n) is 1.96. The second-order valence-electron chi connectivity index (χ2n) is 5.19. The smallest absolute Gasteiger partial charge is 0.259 e. The molecule has 0 saturated carbocycles. The van der Waals surface area contributed by atoms with Crippen LogP contribution in [0.1, 0.15) is 21.6 Å². The third kappa shape index (κ3) is 4.22. The van der Waals surface area contributed by atoms with Gasteiger partial charge in [0.05, 0.1) is 19.0 Å². The lowest BCUT2D eigenvalue weighted by atomic mass is 10.1. The minimum atomic E-state index is -0.395. The van der Waals surface area contributed by atoms with E-state index in [1.807, 2.05) is 24.3 Å². The maximum atomic E-state index is 12.1. The Morgan fingerprint density at radius 1 is 1.25 bits per heavy atom. The molecule has 7 heteroatoms. The second kappa shape index (κ2) is 7.96. The summed E-state index contributed by atoms with van der Waals surface area (Å²) in [5, 5.41) is 3.83.